The van der Waals surface area contributed by atoms with E-state index in [1.165, 1.54) is 68.5 Å². The molecule has 0 spiro atoms. The van der Waals surface area contributed by atoms with Crippen molar-refractivity contribution in [2.45, 2.75) is 0 Å². The van der Waals surface area contributed by atoms with Gasteiger partial charge in [0, 0.05) is 36.0 Å². The van der Waals surface area contributed by atoms with Crippen molar-refractivity contribution < 1.29 is 0 Å². The van der Waals surface area contributed by atoms with E-state index in [0.29, 0.717) is 17.5 Å². The second kappa shape index (κ2) is 12.6. The molecule has 252 valence electrons. The number of aromatic nitrogens is 3. The lowest BCUT2D eigenvalue weighted by Crippen LogP contribution is -1.99. The van der Waals surface area contributed by atoms with Crippen LogP contribution in [0.25, 0.3) is 108 Å². The molecule has 54 heavy (non-hydrogen) atoms. The van der Waals surface area contributed by atoms with Gasteiger partial charge in [0.15, 0.2) is 17.5 Å². The maximum absolute atomic E-state index is 5.15. The van der Waals surface area contributed by atoms with Crippen LogP contribution in [0.15, 0.2) is 176 Å². The summed E-state index contributed by atoms with van der Waals surface area (Å²) in [5.41, 5.74) is 6.79. The normalized spacial score (nSPS) is 11.7. The van der Waals surface area contributed by atoms with Gasteiger partial charge in [-0.25, -0.2) is 15.0 Å². The van der Waals surface area contributed by atoms with E-state index >= 15 is 0 Å². The lowest BCUT2D eigenvalue weighted by molar-refractivity contribution is 1.08. The third-order valence-corrected chi connectivity index (χ3v) is 12.6. The molecule has 8 aromatic carbocycles. The minimum atomic E-state index is 0.657. The summed E-state index contributed by atoms with van der Waals surface area (Å²) in [5, 5.41) is 8.67. The summed E-state index contributed by atoms with van der Waals surface area (Å²) in [6.45, 7) is 0. The average molecular weight is 724 g/mol. The van der Waals surface area contributed by atoms with Crippen LogP contribution in [0.3, 0.4) is 0 Å². The molecule has 0 fully saturated rings. The molecule has 0 atom stereocenters. The maximum atomic E-state index is 5.15. The van der Waals surface area contributed by atoms with Crippen LogP contribution < -0.4 is 0 Å². The summed E-state index contributed by atoms with van der Waals surface area (Å²) in [4.78, 5) is 16.4. The minimum Gasteiger partial charge on any atom is -0.208 e. The van der Waals surface area contributed by atoms with Gasteiger partial charge >= 0.3 is 0 Å². The highest BCUT2D eigenvalue weighted by Gasteiger charge is 2.18. The minimum absolute atomic E-state index is 0.657. The van der Waals surface area contributed by atoms with Crippen LogP contribution in [0.4, 0.5) is 0 Å². The first-order chi connectivity index (χ1) is 26.7. The predicted molar refractivity (Wildman–Crippen MR) is 230 cm³/mol. The van der Waals surface area contributed by atoms with E-state index in [4.69, 9.17) is 15.0 Å². The molecule has 0 unspecified atom stereocenters. The molecule has 5 heteroatoms. The molecule has 11 rings (SSSR count). The summed E-state index contributed by atoms with van der Waals surface area (Å²) in [6.07, 6.45) is 0. The Bertz CT molecular complexity index is 3120. The number of nitrogens with zero attached hydrogens (tertiary/aromatic N) is 3. The Morgan fingerprint density at radius 1 is 0.296 bits per heavy atom. The summed E-state index contributed by atoms with van der Waals surface area (Å²) >= 11 is 3.52. The molecule has 0 bridgehead atoms. The lowest BCUT2D eigenvalue weighted by Gasteiger charge is -2.17. The van der Waals surface area contributed by atoms with Crippen LogP contribution >= 0.6 is 22.7 Å². The van der Waals surface area contributed by atoms with Gasteiger partial charge in [0.05, 0.1) is 4.88 Å². The van der Waals surface area contributed by atoms with Crippen molar-refractivity contribution in [1.29, 1.82) is 0 Å². The lowest BCUT2D eigenvalue weighted by atomic mass is 9.86. The molecular weight excluding hydrogens is 695 g/mol. The average Bonchev–Trinajstić information content (AvgIpc) is 3.85. The molecule has 11 aromatic rings. The van der Waals surface area contributed by atoms with Crippen LogP contribution in [0, 0.1) is 0 Å². The van der Waals surface area contributed by atoms with Crippen molar-refractivity contribution in [3.05, 3.63) is 176 Å². The Labute approximate surface area is 319 Å². The van der Waals surface area contributed by atoms with Crippen molar-refractivity contribution in [2.75, 3.05) is 0 Å². The molecular formula is C49H29N3S2. The molecule has 0 amide bonds. The van der Waals surface area contributed by atoms with Gasteiger partial charge < -0.3 is 0 Å². The van der Waals surface area contributed by atoms with E-state index in [-0.39, 0.29) is 0 Å². The van der Waals surface area contributed by atoms with Gasteiger partial charge in [-0.15, -0.1) is 22.7 Å². The zero-order valence-corrected chi connectivity index (χ0v) is 30.5. The van der Waals surface area contributed by atoms with Crippen LogP contribution in [-0.4, -0.2) is 15.0 Å². The predicted octanol–water partition coefficient (Wildman–Crippen LogP) is 14.1. The molecule has 0 radical (unpaired) electrons. The Morgan fingerprint density at radius 3 is 1.44 bits per heavy atom. The standard InChI is InChI=1S/C49H29N3S2/c1-2-12-30(13-3-1)45-37-16-5-7-18-39(37)46(40-19-8-6-17-38(40)45)31-22-24-32(25-23-31)47-50-48(52-49(51-47)44-28-33-14-4-10-20-41(33)53-44)34-26-27-36-35-15-9-11-21-42(35)54-43(36)29-34/h1-29H. The first kappa shape index (κ1) is 31.0. The van der Waals surface area contributed by atoms with Gasteiger partial charge in [-0.3, -0.25) is 0 Å². The third-order valence-electron chi connectivity index (χ3n) is 10.3. The monoisotopic (exact) mass is 723 g/mol. The number of fused-ring (bicyclic) bond motifs is 6. The second-order valence-electron chi connectivity index (χ2n) is 13.5. The highest BCUT2D eigenvalue weighted by molar-refractivity contribution is 7.25. The third kappa shape index (κ3) is 5.12. The highest BCUT2D eigenvalue weighted by atomic mass is 32.1. The number of rotatable bonds is 5. The van der Waals surface area contributed by atoms with E-state index in [0.717, 1.165) is 21.6 Å². The van der Waals surface area contributed by atoms with Gasteiger partial charge in [0.2, 0.25) is 0 Å². The first-order valence-corrected chi connectivity index (χ1v) is 19.6. The topological polar surface area (TPSA) is 38.7 Å². The summed E-state index contributed by atoms with van der Waals surface area (Å²) in [6, 6.07) is 62.9. The Balaban J connectivity index is 1.07. The molecule has 0 N–H and O–H groups in total. The van der Waals surface area contributed by atoms with Crippen molar-refractivity contribution >= 4 is 74.5 Å². The van der Waals surface area contributed by atoms with Crippen molar-refractivity contribution in [3.8, 4) is 55.7 Å². The van der Waals surface area contributed by atoms with Crippen LogP contribution in [0.5, 0.6) is 0 Å². The Hall–Kier alpha value is -6.53. The maximum Gasteiger partial charge on any atom is 0.174 e. The van der Waals surface area contributed by atoms with Crippen LogP contribution in [0.2, 0.25) is 0 Å². The van der Waals surface area contributed by atoms with Gasteiger partial charge in [-0.2, -0.15) is 0 Å². The fourth-order valence-electron chi connectivity index (χ4n) is 7.84. The summed E-state index contributed by atoms with van der Waals surface area (Å²) < 4.78 is 3.72. The molecule has 0 saturated heterocycles. The SMILES string of the molecule is c1ccc(-c2c3ccccc3c(-c3ccc(-c4nc(-c5ccc6c(c5)sc5ccccc56)nc(-c5cc6ccccc6s5)n4)cc3)c3ccccc23)cc1. The van der Waals surface area contributed by atoms with Gasteiger partial charge in [-0.05, 0) is 73.5 Å². The molecule has 3 aromatic heterocycles. The van der Waals surface area contributed by atoms with Crippen molar-refractivity contribution in [1.82, 2.24) is 15.0 Å². The largest absolute Gasteiger partial charge is 0.208 e. The van der Waals surface area contributed by atoms with Crippen molar-refractivity contribution in [2.24, 2.45) is 0 Å². The quantitative estimate of drug-likeness (QED) is 0.166. The van der Waals surface area contributed by atoms with E-state index in [2.05, 4.69) is 176 Å². The Kier molecular flexibility index (Phi) is 7.22. The molecule has 0 saturated carbocycles. The molecule has 0 aliphatic heterocycles. The van der Waals surface area contributed by atoms with E-state index < -0.39 is 0 Å². The highest BCUT2D eigenvalue weighted by Crippen LogP contribution is 2.44. The van der Waals surface area contributed by atoms with Gasteiger partial charge in [0.25, 0.3) is 0 Å². The number of hydrogen-bond donors (Lipinski definition) is 0. The Morgan fingerprint density at radius 2 is 0.778 bits per heavy atom. The fourth-order valence-corrected chi connectivity index (χ4v) is 9.98. The van der Waals surface area contributed by atoms with Crippen LogP contribution in [0.1, 0.15) is 0 Å². The summed E-state index contributed by atoms with van der Waals surface area (Å²) in [7, 11) is 0. The first-order valence-electron chi connectivity index (χ1n) is 18.0. The number of hydrogen-bond acceptors (Lipinski definition) is 5. The molecule has 0 aliphatic carbocycles. The molecule has 0 aliphatic rings. The molecule has 3 nitrogen and oxygen atoms in total. The van der Waals surface area contributed by atoms with Gasteiger partial charge in [0.1, 0.15) is 0 Å². The van der Waals surface area contributed by atoms with Crippen LogP contribution in [-0.2, 0) is 0 Å². The zero-order chi connectivity index (χ0) is 35.6. The smallest absolute Gasteiger partial charge is 0.174 e. The van der Waals surface area contributed by atoms with E-state index in [9.17, 15) is 0 Å². The number of thiophene rings is 2. The zero-order valence-electron chi connectivity index (χ0n) is 28.9. The van der Waals surface area contributed by atoms with E-state index in [1.807, 2.05) is 0 Å². The molecule has 3 heterocycles. The number of benzene rings is 8. The van der Waals surface area contributed by atoms with Crippen molar-refractivity contribution in [3.63, 3.8) is 0 Å². The van der Waals surface area contributed by atoms with Gasteiger partial charge in [-0.1, -0.05) is 152 Å². The van der Waals surface area contributed by atoms with E-state index in [1.54, 1.807) is 22.7 Å². The summed E-state index contributed by atoms with van der Waals surface area (Å²) in [5.74, 6) is 2.01. The fraction of sp³-hybridized carbons (Fsp3) is 0. The second-order valence-corrected chi connectivity index (χ2v) is 15.7.